The van der Waals surface area contributed by atoms with E-state index in [1.807, 2.05) is 0 Å². The summed E-state index contributed by atoms with van der Waals surface area (Å²) < 4.78 is 80.3. The molecule has 1 aliphatic heterocycles. The quantitative estimate of drug-likeness (QED) is 0.575. The standard InChI is InChI=1S/C20H18F6N6O/c1-31-15(10-17(30-31)20(24,25)26)18(33)28-12-4-2-3-7-32-14(12)9-13(29-32)11-5-6-27-16(8-11)19(21,22)23/h5-6,8-10,12H,2-4,7H2,1H3,(H,28,33)/t12-/m0/s1. The van der Waals surface area contributed by atoms with Crippen LogP contribution in [0.2, 0.25) is 0 Å². The lowest BCUT2D eigenvalue weighted by Crippen LogP contribution is -2.30. The lowest BCUT2D eigenvalue weighted by molar-refractivity contribution is -0.142. The van der Waals surface area contributed by atoms with Crippen molar-refractivity contribution in [3.8, 4) is 11.3 Å². The van der Waals surface area contributed by atoms with E-state index < -0.39 is 35.7 Å². The summed E-state index contributed by atoms with van der Waals surface area (Å²) in [6.07, 6.45) is -6.33. The maximum atomic E-state index is 13.0. The van der Waals surface area contributed by atoms with Crippen molar-refractivity contribution in [1.82, 2.24) is 29.9 Å². The number of halogens is 6. The molecular formula is C20H18F6N6O. The van der Waals surface area contributed by atoms with Crippen molar-refractivity contribution >= 4 is 5.91 Å². The van der Waals surface area contributed by atoms with Crippen LogP contribution in [-0.2, 0) is 25.9 Å². The van der Waals surface area contributed by atoms with Gasteiger partial charge in [0.15, 0.2) is 5.69 Å². The Bertz CT molecular complexity index is 1180. The highest BCUT2D eigenvalue weighted by atomic mass is 19.4. The molecule has 1 N–H and O–H groups in total. The Kier molecular flexibility index (Phi) is 5.66. The third-order valence-corrected chi connectivity index (χ3v) is 5.34. The van der Waals surface area contributed by atoms with Gasteiger partial charge in [0, 0.05) is 31.4 Å². The van der Waals surface area contributed by atoms with E-state index in [2.05, 4.69) is 20.5 Å². The summed E-state index contributed by atoms with van der Waals surface area (Å²) in [6.45, 7) is 0.489. The largest absolute Gasteiger partial charge is 0.435 e. The molecule has 4 heterocycles. The predicted octanol–water partition coefficient (Wildman–Crippen LogP) is 4.37. The van der Waals surface area contributed by atoms with E-state index in [9.17, 15) is 31.1 Å². The third kappa shape index (κ3) is 4.71. The van der Waals surface area contributed by atoms with Crippen molar-refractivity contribution in [3.05, 3.63) is 53.2 Å². The van der Waals surface area contributed by atoms with Gasteiger partial charge in [-0.3, -0.25) is 19.1 Å². The Morgan fingerprint density at radius 3 is 2.42 bits per heavy atom. The normalized spacial score (nSPS) is 16.9. The molecule has 33 heavy (non-hydrogen) atoms. The van der Waals surface area contributed by atoms with E-state index in [-0.39, 0.29) is 17.0 Å². The number of nitrogens with one attached hydrogen (secondary N) is 1. The van der Waals surface area contributed by atoms with Crippen LogP contribution in [0.3, 0.4) is 0 Å². The minimum absolute atomic E-state index is 0.212. The highest BCUT2D eigenvalue weighted by Crippen LogP contribution is 2.33. The number of carbonyl (C=O) groups is 1. The van der Waals surface area contributed by atoms with E-state index in [0.717, 1.165) is 23.4 Å². The molecule has 176 valence electrons. The first-order valence-corrected chi connectivity index (χ1v) is 9.97. The Morgan fingerprint density at radius 2 is 1.76 bits per heavy atom. The Labute approximate surface area is 183 Å². The molecule has 13 heteroatoms. The minimum Gasteiger partial charge on any atom is -0.342 e. The molecule has 1 amide bonds. The van der Waals surface area contributed by atoms with Gasteiger partial charge < -0.3 is 5.32 Å². The van der Waals surface area contributed by atoms with E-state index in [0.29, 0.717) is 31.1 Å². The number of hydrogen-bond acceptors (Lipinski definition) is 4. The average Bonchev–Trinajstić information content (AvgIpc) is 3.29. The van der Waals surface area contributed by atoms with Crippen LogP contribution in [0.4, 0.5) is 26.3 Å². The smallest absolute Gasteiger partial charge is 0.342 e. The Hall–Kier alpha value is -3.38. The first kappa shape index (κ1) is 22.8. The van der Waals surface area contributed by atoms with Crippen LogP contribution < -0.4 is 5.32 Å². The summed E-state index contributed by atoms with van der Waals surface area (Å²) in [5, 5.41) is 10.5. The molecule has 1 aliphatic rings. The van der Waals surface area contributed by atoms with Crippen LogP contribution in [0.5, 0.6) is 0 Å². The Morgan fingerprint density at radius 1 is 1.03 bits per heavy atom. The van der Waals surface area contributed by atoms with Gasteiger partial charge in [-0.25, -0.2) is 0 Å². The number of alkyl halides is 6. The summed E-state index contributed by atoms with van der Waals surface area (Å²) in [6, 6.07) is 3.96. The van der Waals surface area contributed by atoms with E-state index >= 15 is 0 Å². The van der Waals surface area contributed by atoms with Gasteiger partial charge in [0.05, 0.1) is 17.4 Å². The number of rotatable bonds is 3. The predicted molar refractivity (Wildman–Crippen MR) is 103 cm³/mol. The second-order valence-corrected chi connectivity index (χ2v) is 7.66. The third-order valence-electron chi connectivity index (χ3n) is 5.34. The van der Waals surface area contributed by atoms with Gasteiger partial charge in [-0.2, -0.15) is 36.5 Å². The van der Waals surface area contributed by atoms with Gasteiger partial charge in [0.1, 0.15) is 11.4 Å². The van der Waals surface area contributed by atoms with E-state index in [4.69, 9.17) is 0 Å². The molecule has 1 atom stereocenters. The molecule has 7 nitrogen and oxygen atoms in total. The van der Waals surface area contributed by atoms with Gasteiger partial charge in [0.2, 0.25) is 0 Å². The molecule has 0 fully saturated rings. The average molecular weight is 472 g/mol. The SMILES string of the molecule is Cn1nc(C(F)(F)F)cc1C(=O)N[C@H]1CCCCn2nc(-c3ccnc(C(F)(F)F)c3)cc21. The summed E-state index contributed by atoms with van der Waals surface area (Å²) in [7, 11) is 1.24. The molecule has 0 aromatic carbocycles. The molecule has 0 saturated heterocycles. The first-order chi connectivity index (χ1) is 15.4. The maximum Gasteiger partial charge on any atom is 0.435 e. The highest BCUT2D eigenvalue weighted by molar-refractivity contribution is 5.93. The summed E-state index contributed by atoms with van der Waals surface area (Å²) >= 11 is 0. The molecule has 0 bridgehead atoms. The van der Waals surface area contributed by atoms with Crippen LogP contribution in [0.1, 0.15) is 52.9 Å². The van der Waals surface area contributed by atoms with Gasteiger partial charge in [-0.15, -0.1) is 0 Å². The monoisotopic (exact) mass is 472 g/mol. The van der Waals surface area contributed by atoms with Crippen molar-refractivity contribution in [3.63, 3.8) is 0 Å². The van der Waals surface area contributed by atoms with Gasteiger partial charge in [-0.1, -0.05) is 0 Å². The number of aromatic nitrogens is 5. The second kappa shape index (κ2) is 8.19. The fraction of sp³-hybridized carbons (Fsp3) is 0.400. The number of amides is 1. The van der Waals surface area contributed by atoms with Crippen LogP contribution in [0.15, 0.2) is 30.5 Å². The van der Waals surface area contributed by atoms with Crippen molar-refractivity contribution < 1.29 is 31.1 Å². The molecular weight excluding hydrogens is 454 g/mol. The number of carbonyl (C=O) groups excluding carboxylic acids is 1. The van der Waals surface area contributed by atoms with E-state index in [1.165, 1.54) is 13.1 Å². The molecule has 0 aliphatic carbocycles. The zero-order chi connectivity index (χ0) is 24.0. The second-order valence-electron chi connectivity index (χ2n) is 7.66. The number of fused-ring (bicyclic) bond motifs is 1. The molecule has 0 radical (unpaired) electrons. The number of hydrogen-bond donors (Lipinski definition) is 1. The van der Waals surface area contributed by atoms with Crippen molar-refractivity contribution in [2.24, 2.45) is 7.05 Å². The topological polar surface area (TPSA) is 77.6 Å². The van der Waals surface area contributed by atoms with Crippen LogP contribution in [0, 0.1) is 0 Å². The van der Waals surface area contributed by atoms with Crippen LogP contribution >= 0.6 is 0 Å². The number of aryl methyl sites for hydroxylation is 2. The van der Waals surface area contributed by atoms with Crippen LogP contribution in [-0.4, -0.2) is 30.5 Å². The van der Waals surface area contributed by atoms with E-state index in [1.54, 1.807) is 10.7 Å². The van der Waals surface area contributed by atoms with Crippen molar-refractivity contribution in [2.45, 2.75) is 44.2 Å². The molecule has 0 saturated carbocycles. The molecule has 4 rings (SSSR count). The van der Waals surface area contributed by atoms with Crippen LogP contribution in [0.25, 0.3) is 11.3 Å². The maximum absolute atomic E-state index is 13.0. The fourth-order valence-electron chi connectivity index (χ4n) is 3.73. The lowest BCUT2D eigenvalue weighted by atomic mass is 10.1. The molecule has 0 spiro atoms. The molecule has 3 aromatic heterocycles. The zero-order valence-corrected chi connectivity index (χ0v) is 17.2. The lowest BCUT2D eigenvalue weighted by Gasteiger charge is -2.17. The summed E-state index contributed by atoms with van der Waals surface area (Å²) in [5.74, 6) is -0.745. The summed E-state index contributed by atoms with van der Waals surface area (Å²) in [5.41, 5.74) is -1.45. The zero-order valence-electron chi connectivity index (χ0n) is 17.2. The van der Waals surface area contributed by atoms with Gasteiger partial charge in [-0.05, 0) is 37.5 Å². The number of nitrogens with zero attached hydrogens (tertiary/aromatic N) is 5. The van der Waals surface area contributed by atoms with Gasteiger partial charge >= 0.3 is 12.4 Å². The van der Waals surface area contributed by atoms with Crippen molar-refractivity contribution in [2.75, 3.05) is 0 Å². The van der Waals surface area contributed by atoms with Crippen molar-refractivity contribution in [1.29, 1.82) is 0 Å². The molecule has 0 unspecified atom stereocenters. The first-order valence-electron chi connectivity index (χ1n) is 9.97. The highest BCUT2D eigenvalue weighted by Gasteiger charge is 2.36. The summed E-state index contributed by atoms with van der Waals surface area (Å²) in [4.78, 5) is 16.1. The fourth-order valence-corrected chi connectivity index (χ4v) is 3.73. The van der Waals surface area contributed by atoms with Gasteiger partial charge in [0.25, 0.3) is 5.91 Å². The molecule has 3 aromatic rings. The minimum atomic E-state index is -4.69. The number of pyridine rings is 1. The Balaban J connectivity index is 1.62.